The summed E-state index contributed by atoms with van der Waals surface area (Å²) in [5.74, 6) is -0.286. The van der Waals surface area contributed by atoms with Gasteiger partial charge in [0.2, 0.25) is 5.91 Å². The van der Waals surface area contributed by atoms with Gasteiger partial charge in [-0.3, -0.25) is 4.79 Å². The molecule has 18 heavy (non-hydrogen) atoms. The summed E-state index contributed by atoms with van der Waals surface area (Å²) >= 11 is 0. The minimum absolute atomic E-state index is 0.0603. The number of nitriles is 1. The van der Waals surface area contributed by atoms with Gasteiger partial charge in [-0.2, -0.15) is 5.26 Å². The molecule has 0 aliphatic heterocycles. The van der Waals surface area contributed by atoms with Gasteiger partial charge in [0.15, 0.2) is 0 Å². The van der Waals surface area contributed by atoms with Crippen molar-refractivity contribution in [1.82, 2.24) is 5.32 Å². The van der Waals surface area contributed by atoms with E-state index in [1.807, 2.05) is 13.0 Å². The summed E-state index contributed by atoms with van der Waals surface area (Å²) in [4.78, 5) is 10.7. The second kappa shape index (κ2) is 6.15. The number of hydrogen-bond acceptors (Lipinski definition) is 4. The predicted molar refractivity (Wildman–Crippen MR) is 65.5 cm³/mol. The van der Waals surface area contributed by atoms with E-state index in [0.717, 1.165) is 5.56 Å². The molecule has 2 unspecified atom stereocenters. The molecule has 0 radical (unpaired) electrons. The van der Waals surface area contributed by atoms with Gasteiger partial charge in [-0.05, 0) is 18.6 Å². The summed E-state index contributed by atoms with van der Waals surface area (Å²) in [5.41, 5.74) is 1.59. The zero-order chi connectivity index (χ0) is 13.7. The summed E-state index contributed by atoms with van der Waals surface area (Å²) in [6.07, 6.45) is -2.35. The molecule has 0 saturated carbocycles. The molecule has 96 valence electrons. The maximum Gasteiger partial charge on any atom is 0.216 e. The number of carbonyl (C=O) groups is 1. The first-order valence-corrected chi connectivity index (χ1v) is 5.57. The summed E-state index contributed by atoms with van der Waals surface area (Å²) in [6, 6.07) is 6.98. The fraction of sp³-hybridized carbons (Fsp3) is 0.385. The summed E-state index contributed by atoms with van der Waals surface area (Å²) < 4.78 is 0. The topological polar surface area (TPSA) is 93.3 Å². The van der Waals surface area contributed by atoms with E-state index in [2.05, 4.69) is 5.32 Å². The summed E-state index contributed by atoms with van der Waals surface area (Å²) in [5, 5.41) is 31.1. The van der Waals surface area contributed by atoms with Gasteiger partial charge in [-0.15, -0.1) is 0 Å². The Hall–Kier alpha value is -1.90. The van der Waals surface area contributed by atoms with Crippen molar-refractivity contribution in [2.45, 2.75) is 26.1 Å². The first kappa shape index (κ1) is 14.2. The van der Waals surface area contributed by atoms with Crippen molar-refractivity contribution in [3.8, 4) is 6.07 Å². The molecule has 1 aromatic carbocycles. The van der Waals surface area contributed by atoms with Crippen LogP contribution < -0.4 is 5.32 Å². The molecule has 1 amide bonds. The smallest absolute Gasteiger partial charge is 0.216 e. The van der Waals surface area contributed by atoms with E-state index in [0.29, 0.717) is 11.1 Å². The first-order valence-electron chi connectivity index (χ1n) is 5.57. The lowest BCUT2D eigenvalue weighted by Gasteiger charge is -2.19. The third-order valence-electron chi connectivity index (χ3n) is 2.57. The Morgan fingerprint density at radius 3 is 2.72 bits per heavy atom. The van der Waals surface area contributed by atoms with E-state index in [1.54, 1.807) is 18.2 Å². The minimum atomic E-state index is -1.20. The zero-order valence-electron chi connectivity index (χ0n) is 10.3. The molecule has 0 heterocycles. The fourth-order valence-corrected chi connectivity index (χ4v) is 1.59. The Balaban J connectivity index is 2.86. The lowest BCUT2D eigenvalue weighted by Crippen LogP contribution is -2.34. The van der Waals surface area contributed by atoms with Crippen molar-refractivity contribution in [2.75, 3.05) is 6.54 Å². The average molecular weight is 248 g/mol. The second-order valence-electron chi connectivity index (χ2n) is 4.15. The van der Waals surface area contributed by atoms with Crippen LogP contribution in [0.5, 0.6) is 0 Å². The van der Waals surface area contributed by atoms with Crippen LogP contribution in [-0.2, 0) is 4.79 Å². The Labute approximate surface area is 106 Å². The van der Waals surface area contributed by atoms with Crippen LogP contribution in [0.15, 0.2) is 18.2 Å². The number of aliphatic hydroxyl groups excluding tert-OH is 2. The molecule has 3 N–H and O–H groups in total. The highest BCUT2D eigenvalue weighted by Crippen LogP contribution is 2.21. The summed E-state index contributed by atoms with van der Waals surface area (Å²) in [6.45, 7) is 3.10. The number of rotatable bonds is 4. The van der Waals surface area contributed by atoms with Gasteiger partial charge in [-0.1, -0.05) is 12.1 Å². The molecule has 0 spiro atoms. The number of amides is 1. The number of nitrogens with one attached hydrogen (secondary N) is 1. The van der Waals surface area contributed by atoms with Gasteiger partial charge in [0.1, 0.15) is 12.2 Å². The molecule has 0 bridgehead atoms. The van der Waals surface area contributed by atoms with E-state index < -0.39 is 12.2 Å². The molecule has 0 aliphatic carbocycles. The maximum atomic E-state index is 10.7. The van der Waals surface area contributed by atoms with Gasteiger partial charge in [0.25, 0.3) is 0 Å². The van der Waals surface area contributed by atoms with Gasteiger partial charge in [-0.25, -0.2) is 0 Å². The van der Waals surface area contributed by atoms with Crippen LogP contribution in [0.2, 0.25) is 0 Å². The van der Waals surface area contributed by atoms with Crippen molar-refractivity contribution in [3.63, 3.8) is 0 Å². The van der Waals surface area contributed by atoms with Crippen LogP contribution in [0, 0.1) is 18.3 Å². The van der Waals surface area contributed by atoms with Gasteiger partial charge < -0.3 is 15.5 Å². The van der Waals surface area contributed by atoms with Crippen molar-refractivity contribution in [1.29, 1.82) is 5.26 Å². The summed E-state index contributed by atoms with van der Waals surface area (Å²) in [7, 11) is 0. The second-order valence-corrected chi connectivity index (χ2v) is 4.15. The molecule has 0 fully saturated rings. The van der Waals surface area contributed by atoms with Gasteiger partial charge in [0.05, 0.1) is 11.6 Å². The highest BCUT2D eigenvalue weighted by Gasteiger charge is 2.21. The molecular formula is C13H16N2O3. The Bertz CT molecular complexity index is 480. The average Bonchev–Trinajstić information content (AvgIpc) is 2.34. The molecule has 0 aliphatic rings. The normalized spacial score (nSPS) is 13.5. The SMILES string of the molecule is CC(=O)NCC(O)C(O)c1ccc(C)cc1C#N. The molecular weight excluding hydrogens is 232 g/mol. The molecule has 0 aromatic heterocycles. The number of hydrogen-bond donors (Lipinski definition) is 3. The van der Waals surface area contributed by atoms with Crippen molar-refractivity contribution >= 4 is 5.91 Å². The molecule has 2 atom stereocenters. The quantitative estimate of drug-likeness (QED) is 0.719. The maximum absolute atomic E-state index is 10.7. The molecule has 5 heteroatoms. The van der Waals surface area contributed by atoms with Crippen LogP contribution in [0.4, 0.5) is 0 Å². The number of benzene rings is 1. The lowest BCUT2D eigenvalue weighted by molar-refractivity contribution is -0.119. The van der Waals surface area contributed by atoms with E-state index >= 15 is 0 Å². The highest BCUT2D eigenvalue weighted by molar-refractivity contribution is 5.72. The van der Waals surface area contributed by atoms with Gasteiger partial charge >= 0.3 is 0 Å². The van der Waals surface area contributed by atoms with Crippen LogP contribution in [0.1, 0.15) is 29.7 Å². The molecule has 1 aromatic rings. The zero-order valence-corrected chi connectivity index (χ0v) is 10.3. The highest BCUT2D eigenvalue weighted by atomic mass is 16.3. The number of nitrogens with zero attached hydrogens (tertiary/aromatic N) is 1. The Morgan fingerprint density at radius 1 is 1.50 bits per heavy atom. The first-order chi connectivity index (χ1) is 8.45. The molecule has 0 saturated heterocycles. The van der Waals surface area contributed by atoms with E-state index in [4.69, 9.17) is 5.26 Å². The van der Waals surface area contributed by atoms with Crippen molar-refractivity contribution in [2.24, 2.45) is 0 Å². The lowest BCUT2D eigenvalue weighted by atomic mass is 9.97. The minimum Gasteiger partial charge on any atom is -0.388 e. The monoisotopic (exact) mass is 248 g/mol. The predicted octanol–water partition coefficient (Wildman–Crippen LogP) is 0.397. The number of carbonyl (C=O) groups excluding carboxylic acids is 1. The van der Waals surface area contributed by atoms with E-state index in [1.165, 1.54) is 6.92 Å². The van der Waals surface area contributed by atoms with Crippen molar-refractivity contribution in [3.05, 3.63) is 34.9 Å². The molecule has 5 nitrogen and oxygen atoms in total. The standard InChI is InChI=1S/C13H16N2O3/c1-8-3-4-11(10(5-8)6-14)13(18)12(17)7-15-9(2)16/h3-5,12-13,17-18H,7H2,1-2H3,(H,15,16). The fourth-order valence-electron chi connectivity index (χ4n) is 1.59. The Morgan fingerprint density at radius 2 is 2.17 bits per heavy atom. The van der Waals surface area contributed by atoms with Crippen LogP contribution in [0.3, 0.4) is 0 Å². The third kappa shape index (κ3) is 3.55. The van der Waals surface area contributed by atoms with Crippen molar-refractivity contribution < 1.29 is 15.0 Å². The number of aliphatic hydroxyl groups is 2. The third-order valence-corrected chi connectivity index (χ3v) is 2.57. The van der Waals surface area contributed by atoms with E-state index in [9.17, 15) is 15.0 Å². The number of aryl methyl sites for hydroxylation is 1. The van der Waals surface area contributed by atoms with Crippen LogP contribution in [-0.4, -0.2) is 28.8 Å². The van der Waals surface area contributed by atoms with Gasteiger partial charge in [0, 0.05) is 19.0 Å². The molecule has 1 rings (SSSR count). The Kier molecular flexibility index (Phi) is 4.84. The van der Waals surface area contributed by atoms with Crippen LogP contribution in [0.25, 0.3) is 0 Å². The van der Waals surface area contributed by atoms with E-state index in [-0.39, 0.29) is 12.5 Å². The largest absolute Gasteiger partial charge is 0.388 e. The van der Waals surface area contributed by atoms with Crippen LogP contribution >= 0.6 is 0 Å².